The molecule has 0 saturated carbocycles. The zero-order valence-corrected chi connectivity index (χ0v) is 16.6. The Morgan fingerprint density at radius 3 is 2.66 bits per heavy atom. The molecule has 0 fully saturated rings. The van der Waals surface area contributed by atoms with Gasteiger partial charge >= 0.3 is 0 Å². The zero-order chi connectivity index (χ0) is 20.8. The van der Waals surface area contributed by atoms with Gasteiger partial charge in [0.15, 0.2) is 5.88 Å². The topological polar surface area (TPSA) is 94.6 Å². The number of hydrogen-bond donors (Lipinski definition) is 3. The van der Waals surface area contributed by atoms with Gasteiger partial charge in [-0.2, -0.15) is 0 Å². The highest BCUT2D eigenvalue weighted by molar-refractivity contribution is 6.56. The van der Waals surface area contributed by atoms with Crippen molar-refractivity contribution in [1.82, 2.24) is 10.3 Å². The molecule has 1 aromatic heterocycles. The summed E-state index contributed by atoms with van der Waals surface area (Å²) >= 11 is 0. The van der Waals surface area contributed by atoms with Gasteiger partial charge in [-0.15, -0.1) is 0 Å². The van der Waals surface area contributed by atoms with Crippen LogP contribution < -0.4 is 5.32 Å². The predicted octanol–water partition coefficient (Wildman–Crippen LogP) is 2.63. The molecular weight excluding hydrogens is 368 g/mol. The molecule has 0 unspecified atom stereocenters. The lowest BCUT2D eigenvalue weighted by atomic mass is 10.0. The lowest BCUT2D eigenvalue weighted by Gasteiger charge is -2.23. The summed E-state index contributed by atoms with van der Waals surface area (Å²) in [6, 6.07) is 12.2. The minimum atomic E-state index is -0.241. The number of aromatic hydroxyl groups is 1. The molecule has 2 heterocycles. The number of amides is 1. The maximum Gasteiger partial charge on any atom is 0.251 e. The molecule has 1 amide bonds. The Hall–Kier alpha value is -3.45. The van der Waals surface area contributed by atoms with Crippen molar-refractivity contribution in [2.24, 2.45) is 4.99 Å². The van der Waals surface area contributed by atoms with Gasteiger partial charge in [0.2, 0.25) is 5.78 Å². The SMILES string of the molecule is C[N+](C)(C)CCNC(=O)c1ccc2[nH]c(O)c(C3=Nc4ccccc4C3=O)c2c1. The van der Waals surface area contributed by atoms with Gasteiger partial charge in [-0.3, -0.25) is 9.59 Å². The fourth-order valence-electron chi connectivity index (χ4n) is 3.40. The van der Waals surface area contributed by atoms with Crippen LogP contribution in [0.5, 0.6) is 5.88 Å². The Morgan fingerprint density at radius 1 is 1.17 bits per heavy atom. The lowest BCUT2D eigenvalue weighted by Crippen LogP contribution is -2.41. The van der Waals surface area contributed by atoms with E-state index in [4.69, 9.17) is 0 Å². The van der Waals surface area contributed by atoms with E-state index in [-0.39, 0.29) is 23.3 Å². The molecular formula is C22H23N4O3+. The lowest BCUT2D eigenvalue weighted by molar-refractivity contribution is -0.869. The molecule has 7 heteroatoms. The molecule has 148 valence electrons. The molecule has 1 aliphatic heterocycles. The Labute approximate surface area is 168 Å². The maximum absolute atomic E-state index is 12.8. The van der Waals surface area contributed by atoms with Crippen molar-refractivity contribution in [3.8, 4) is 5.88 Å². The maximum atomic E-state index is 12.8. The van der Waals surface area contributed by atoms with Gasteiger partial charge in [-0.25, -0.2) is 4.99 Å². The number of hydrogen-bond acceptors (Lipinski definition) is 4. The summed E-state index contributed by atoms with van der Waals surface area (Å²) in [6.07, 6.45) is 0. The van der Waals surface area contributed by atoms with Crippen molar-refractivity contribution in [1.29, 1.82) is 0 Å². The van der Waals surface area contributed by atoms with Crippen LogP contribution in [-0.2, 0) is 0 Å². The van der Waals surface area contributed by atoms with Crippen LogP contribution in [0.3, 0.4) is 0 Å². The van der Waals surface area contributed by atoms with Gasteiger partial charge in [-0.05, 0) is 30.3 Å². The van der Waals surface area contributed by atoms with Gasteiger partial charge in [0.1, 0.15) is 5.71 Å². The van der Waals surface area contributed by atoms with E-state index in [2.05, 4.69) is 36.4 Å². The largest absolute Gasteiger partial charge is 0.494 e. The second-order valence-corrected chi connectivity index (χ2v) is 8.19. The molecule has 4 rings (SSSR count). The number of nitrogens with one attached hydrogen (secondary N) is 2. The van der Waals surface area contributed by atoms with Gasteiger partial charge in [-0.1, -0.05) is 12.1 Å². The van der Waals surface area contributed by atoms with Crippen molar-refractivity contribution in [3.05, 3.63) is 59.2 Å². The first-order valence-corrected chi connectivity index (χ1v) is 9.41. The fraction of sp³-hybridized carbons (Fsp3) is 0.227. The number of aliphatic imine (C=N–C) groups is 1. The number of likely N-dealkylation sites (N-methyl/N-ethyl adjacent to an activating group) is 1. The van der Waals surface area contributed by atoms with E-state index in [1.807, 2.05) is 6.07 Å². The van der Waals surface area contributed by atoms with Gasteiger partial charge in [0.25, 0.3) is 5.91 Å². The first kappa shape index (κ1) is 18.9. The predicted molar refractivity (Wildman–Crippen MR) is 112 cm³/mol. The summed E-state index contributed by atoms with van der Waals surface area (Å²) in [6.45, 7) is 1.35. The summed E-state index contributed by atoms with van der Waals surface area (Å²) in [5.74, 6) is -0.577. The number of aromatic amines is 1. The Morgan fingerprint density at radius 2 is 1.93 bits per heavy atom. The summed E-state index contributed by atoms with van der Waals surface area (Å²) < 4.78 is 0.748. The van der Waals surface area contributed by atoms with Gasteiger partial charge in [0, 0.05) is 22.0 Å². The average molecular weight is 391 g/mol. The van der Waals surface area contributed by atoms with Crippen LogP contribution in [0.2, 0.25) is 0 Å². The molecule has 0 atom stereocenters. The van der Waals surface area contributed by atoms with Crippen LogP contribution in [0.1, 0.15) is 26.3 Å². The molecule has 0 spiro atoms. The van der Waals surface area contributed by atoms with E-state index in [1.165, 1.54) is 0 Å². The molecule has 0 saturated heterocycles. The number of quaternary nitrogens is 1. The van der Waals surface area contributed by atoms with Crippen LogP contribution in [0, 0.1) is 0 Å². The van der Waals surface area contributed by atoms with Gasteiger partial charge in [0.05, 0.1) is 45.5 Å². The normalized spacial score (nSPS) is 13.5. The third-order valence-corrected chi connectivity index (χ3v) is 4.94. The number of carbonyl (C=O) groups excluding carboxylic acids is 2. The molecule has 0 aliphatic carbocycles. The Kier molecular flexibility index (Phi) is 4.47. The third kappa shape index (κ3) is 3.52. The number of Topliss-reactive ketones (excluding diaryl/α,β-unsaturated/α-hetero) is 1. The second-order valence-electron chi connectivity index (χ2n) is 8.19. The van der Waals surface area contributed by atoms with E-state index in [0.29, 0.717) is 39.8 Å². The Bertz CT molecular complexity index is 1170. The number of ketones is 1. The van der Waals surface area contributed by atoms with Crippen molar-refractivity contribution in [3.63, 3.8) is 0 Å². The number of benzene rings is 2. The van der Waals surface area contributed by atoms with Gasteiger partial charge < -0.3 is 19.9 Å². The zero-order valence-electron chi connectivity index (χ0n) is 16.6. The molecule has 7 nitrogen and oxygen atoms in total. The third-order valence-electron chi connectivity index (χ3n) is 4.94. The number of fused-ring (bicyclic) bond motifs is 2. The highest BCUT2D eigenvalue weighted by Gasteiger charge is 2.30. The van der Waals surface area contributed by atoms with E-state index < -0.39 is 0 Å². The number of carbonyl (C=O) groups is 2. The van der Waals surface area contributed by atoms with Crippen molar-refractivity contribution in [2.75, 3.05) is 34.2 Å². The van der Waals surface area contributed by atoms with E-state index in [1.54, 1.807) is 36.4 Å². The minimum absolute atomic E-state index is 0.137. The number of rotatable bonds is 5. The van der Waals surface area contributed by atoms with E-state index >= 15 is 0 Å². The number of para-hydroxylation sites is 1. The highest BCUT2D eigenvalue weighted by Crippen LogP contribution is 2.35. The summed E-state index contributed by atoms with van der Waals surface area (Å²) in [7, 11) is 6.18. The first-order valence-electron chi connectivity index (χ1n) is 9.41. The van der Waals surface area contributed by atoms with E-state index in [0.717, 1.165) is 11.0 Å². The van der Waals surface area contributed by atoms with Crippen LogP contribution in [0.4, 0.5) is 5.69 Å². The molecule has 3 N–H and O–H groups in total. The minimum Gasteiger partial charge on any atom is -0.494 e. The van der Waals surface area contributed by atoms with Crippen molar-refractivity contribution < 1.29 is 19.2 Å². The quantitative estimate of drug-likeness (QED) is 0.584. The van der Waals surface area contributed by atoms with Crippen LogP contribution in [0.25, 0.3) is 10.9 Å². The molecule has 1 aliphatic rings. The van der Waals surface area contributed by atoms with E-state index in [9.17, 15) is 14.7 Å². The van der Waals surface area contributed by atoms with Crippen molar-refractivity contribution >= 4 is 34.0 Å². The fourth-order valence-corrected chi connectivity index (χ4v) is 3.40. The number of H-pyrrole nitrogens is 1. The number of nitrogens with zero attached hydrogens (tertiary/aromatic N) is 2. The number of aromatic nitrogens is 1. The first-order chi connectivity index (χ1) is 13.7. The molecule has 2 aromatic carbocycles. The summed E-state index contributed by atoms with van der Waals surface area (Å²) in [5, 5.41) is 14.0. The standard InChI is InChI=1S/C22H22N4O3/c1-26(2,3)11-10-23-21(28)13-8-9-17-15(12-13)18(22(29)25-17)19-20(27)14-6-4-5-7-16(14)24-19/h4-9,12H,10-11H2,1-3H3,(H2-,23,24,25,27,28,29)/p+1. The second kappa shape index (κ2) is 6.86. The molecule has 29 heavy (non-hydrogen) atoms. The molecule has 0 bridgehead atoms. The smallest absolute Gasteiger partial charge is 0.251 e. The van der Waals surface area contributed by atoms with Crippen LogP contribution in [0.15, 0.2) is 47.5 Å². The van der Waals surface area contributed by atoms with Crippen LogP contribution >= 0.6 is 0 Å². The van der Waals surface area contributed by atoms with Crippen LogP contribution in [-0.4, -0.2) is 66.2 Å². The Balaban J connectivity index is 1.68. The highest BCUT2D eigenvalue weighted by atomic mass is 16.3. The molecule has 0 radical (unpaired) electrons. The molecule has 3 aromatic rings. The summed E-state index contributed by atoms with van der Waals surface area (Å²) in [5.41, 5.74) is 2.68. The average Bonchev–Trinajstić information content (AvgIpc) is 3.16. The monoisotopic (exact) mass is 391 g/mol. The summed E-state index contributed by atoms with van der Waals surface area (Å²) in [4.78, 5) is 32.7. The van der Waals surface area contributed by atoms with Crippen molar-refractivity contribution in [2.45, 2.75) is 0 Å².